The number of aryl methyl sites for hydroxylation is 1. The number of benzene rings is 3. The molecular weight excluding hydrogens is 605 g/mol. The Bertz CT molecular complexity index is 1720. The van der Waals surface area contributed by atoms with Crippen LogP contribution in [0.25, 0.3) is 16.8 Å². The lowest BCUT2D eigenvalue weighted by atomic mass is 9.96. The number of nitrogens with zero attached hydrogens (tertiary/aromatic N) is 7. The van der Waals surface area contributed by atoms with Gasteiger partial charge in [-0.25, -0.2) is 4.68 Å². The molecule has 0 N–H and O–H groups in total. The van der Waals surface area contributed by atoms with Crippen LogP contribution in [0.5, 0.6) is 0 Å². The third-order valence-electron chi connectivity index (χ3n) is 6.52. The normalized spacial score (nSPS) is 12.5. The van der Waals surface area contributed by atoms with E-state index in [2.05, 4.69) is 20.5 Å². The second-order valence-corrected chi connectivity index (χ2v) is 9.72. The molecule has 2 aromatic heterocycles. The van der Waals surface area contributed by atoms with Gasteiger partial charge in [-0.1, -0.05) is 23.3 Å². The summed E-state index contributed by atoms with van der Waals surface area (Å²) in [6.07, 6.45) is -11.7. The van der Waals surface area contributed by atoms with Crippen LogP contribution in [-0.2, 0) is 38.7 Å². The summed E-state index contributed by atoms with van der Waals surface area (Å²) in [6, 6.07) is 12.5. The first-order chi connectivity index (χ1) is 20.6. The van der Waals surface area contributed by atoms with E-state index in [1.54, 1.807) is 42.7 Å². The lowest BCUT2D eigenvalue weighted by Gasteiger charge is -2.24. The smallest absolute Gasteiger partial charge is 0.330 e. The van der Waals surface area contributed by atoms with Gasteiger partial charge < -0.3 is 4.90 Å². The van der Waals surface area contributed by atoms with Crippen molar-refractivity contribution in [1.82, 2.24) is 30.0 Å². The fourth-order valence-electron chi connectivity index (χ4n) is 4.55. The van der Waals surface area contributed by atoms with E-state index in [9.17, 15) is 39.5 Å². The summed E-state index contributed by atoms with van der Waals surface area (Å²) in [7, 11) is 1.37. The summed E-state index contributed by atoms with van der Waals surface area (Å²) in [6.45, 7) is -1.06. The van der Waals surface area contributed by atoms with Gasteiger partial charge in [0.05, 0.1) is 29.4 Å². The van der Waals surface area contributed by atoms with Gasteiger partial charge in [0.1, 0.15) is 0 Å². The zero-order valence-electron chi connectivity index (χ0n) is 22.5. The third-order valence-corrected chi connectivity index (χ3v) is 6.52. The van der Waals surface area contributed by atoms with Gasteiger partial charge in [-0.15, -0.1) is 5.10 Å². The molecule has 0 saturated heterocycles. The minimum atomic E-state index is -5.10. The third kappa shape index (κ3) is 6.84. The molecule has 0 radical (unpaired) electrons. The molecule has 0 unspecified atom stereocenters. The van der Waals surface area contributed by atoms with Crippen molar-refractivity contribution in [3.63, 3.8) is 0 Å². The molecule has 0 aliphatic carbocycles. The number of aromatic nitrogens is 6. The average Bonchev–Trinajstić information content (AvgIpc) is 3.64. The van der Waals surface area contributed by atoms with Crippen LogP contribution in [0.3, 0.4) is 0 Å². The lowest BCUT2D eigenvalue weighted by molar-refractivity contribution is -0.143. The van der Waals surface area contributed by atoms with Gasteiger partial charge in [-0.05, 0) is 76.0 Å². The molecule has 5 aromatic rings. The summed E-state index contributed by atoms with van der Waals surface area (Å²) in [4.78, 5) is 2.15. The Morgan fingerprint density at radius 2 is 1.41 bits per heavy atom. The van der Waals surface area contributed by atoms with Crippen molar-refractivity contribution in [2.45, 2.75) is 31.6 Å². The van der Waals surface area contributed by atoms with E-state index in [1.807, 2.05) is 0 Å². The van der Waals surface area contributed by atoms with Crippen LogP contribution in [0, 0.1) is 0 Å². The highest BCUT2D eigenvalue weighted by Gasteiger charge is 2.37. The Hall–Kier alpha value is -4.89. The van der Waals surface area contributed by atoms with Gasteiger partial charge in [-0.2, -0.15) is 49.4 Å². The first-order valence-corrected chi connectivity index (χ1v) is 12.7. The highest BCUT2D eigenvalue weighted by molar-refractivity contribution is 5.70. The summed E-state index contributed by atoms with van der Waals surface area (Å²) in [5.41, 5.74) is -3.07. The summed E-state index contributed by atoms with van der Waals surface area (Å²) >= 11 is 0. The average molecular weight is 625 g/mol. The monoisotopic (exact) mass is 625 g/mol. The molecule has 0 amide bonds. The number of hydrogen-bond acceptors (Lipinski definition) is 5. The lowest BCUT2D eigenvalue weighted by Crippen LogP contribution is -2.25. The maximum Gasteiger partial charge on any atom is 0.416 e. The number of anilines is 1. The van der Waals surface area contributed by atoms with E-state index >= 15 is 0 Å². The molecule has 5 rings (SSSR count). The van der Waals surface area contributed by atoms with Crippen molar-refractivity contribution in [2.24, 2.45) is 7.05 Å². The molecule has 3 aromatic carbocycles. The number of alkyl halides is 9. The van der Waals surface area contributed by atoms with Gasteiger partial charge >= 0.3 is 18.5 Å². The minimum Gasteiger partial charge on any atom is -0.330 e. The SMILES string of the molecule is Cn1nnc(N(Cc2cc(C(F)(F)F)cc(C(F)(F)F)c2)Cc2cc(C(F)(F)F)ccc2-c2cccc(-n3cccn3)c2)n1. The van der Waals surface area contributed by atoms with E-state index in [4.69, 9.17) is 0 Å². The number of rotatable bonds is 7. The van der Waals surface area contributed by atoms with Crippen molar-refractivity contribution in [2.75, 3.05) is 4.90 Å². The van der Waals surface area contributed by atoms with Crippen LogP contribution < -0.4 is 4.90 Å². The largest absolute Gasteiger partial charge is 0.416 e. The molecule has 7 nitrogen and oxygen atoms in total. The van der Waals surface area contributed by atoms with Crippen LogP contribution in [0.4, 0.5) is 45.5 Å². The minimum absolute atomic E-state index is 0.00802. The number of halogens is 9. The molecule has 0 aliphatic rings. The molecule has 44 heavy (non-hydrogen) atoms. The topological polar surface area (TPSA) is 64.7 Å². The molecule has 0 saturated carbocycles. The first-order valence-electron chi connectivity index (χ1n) is 12.7. The van der Waals surface area contributed by atoms with Gasteiger partial charge in [0.25, 0.3) is 5.95 Å². The molecule has 0 aliphatic heterocycles. The van der Waals surface area contributed by atoms with Crippen LogP contribution >= 0.6 is 0 Å². The van der Waals surface area contributed by atoms with Gasteiger partial charge in [0, 0.05) is 25.5 Å². The second kappa shape index (κ2) is 11.3. The first kappa shape index (κ1) is 30.6. The summed E-state index contributed by atoms with van der Waals surface area (Å²) < 4.78 is 124. The zero-order chi connectivity index (χ0) is 31.9. The van der Waals surface area contributed by atoms with Crippen LogP contribution in [0.15, 0.2) is 79.1 Å². The van der Waals surface area contributed by atoms with E-state index in [0.717, 1.165) is 21.8 Å². The standard InChI is InChI=1S/C28H20F9N7/c1-42-40-25(39-41-42)43(15-17-10-21(27(32,33)34)14-22(11-17)28(35,36)37)16-19-12-20(26(29,30)31)6-7-24(19)18-4-2-5-23(13-18)44-9-3-8-38-44/h2-14H,15-16H2,1H3. The zero-order valence-corrected chi connectivity index (χ0v) is 22.5. The predicted octanol–water partition coefficient (Wildman–Crippen LogP) is 7.33. The van der Waals surface area contributed by atoms with Crippen molar-refractivity contribution in [3.8, 4) is 16.8 Å². The van der Waals surface area contributed by atoms with E-state index in [0.29, 0.717) is 28.9 Å². The highest BCUT2D eigenvalue weighted by atomic mass is 19.4. The number of tetrazole rings is 1. The predicted molar refractivity (Wildman–Crippen MR) is 139 cm³/mol. The maximum atomic E-state index is 13.8. The van der Waals surface area contributed by atoms with Crippen molar-refractivity contribution in [3.05, 3.63) is 107 Å². The quantitative estimate of drug-likeness (QED) is 0.177. The highest BCUT2D eigenvalue weighted by Crippen LogP contribution is 2.38. The molecule has 230 valence electrons. The van der Waals surface area contributed by atoms with E-state index in [1.165, 1.54) is 17.8 Å². The van der Waals surface area contributed by atoms with Crippen LogP contribution in [0.2, 0.25) is 0 Å². The van der Waals surface area contributed by atoms with Crippen LogP contribution in [-0.4, -0.2) is 30.0 Å². The van der Waals surface area contributed by atoms with E-state index < -0.39 is 53.9 Å². The van der Waals surface area contributed by atoms with Crippen molar-refractivity contribution < 1.29 is 39.5 Å². The summed E-state index contributed by atoms with van der Waals surface area (Å²) in [5.74, 6) is -0.230. The Balaban J connectivity index is 1.62. The molecule has 0 spiro atoms. The Morgan fingerprint density at radius 1 is 0.727 bits per heavy atom. The fraction of sp³-hybridized carbons (Fsp3) is 0.214. The molecule has 0 bridgehead atoms. The van der Waals surface area contributed by atoms with Gasteiger partial charge in [0.15, 0.2) is 0 Å². The fourth-order valence-corrected chi connectivity index (χ4v) is 4.55. The van der Waals surface area contributed by atoms with Crippen LogP contribution in [0.1, 0.15) is 27.8 Å². The molecule has 0 atom stereocenters. The van der Waals surface area contributed by atoms with Gasteiger partial charge in [-0.3, -0.25) is 0 Å². The van der Waals surface area contributed by atoms with Crippen molar-refractivity contribution in [1.29, 1.82) is 0 Å². The Labute approximate surface area is 243 Å². The number of hydrogen-bond donors (Lipinski definition) is 0. The van der Waals surface area contributed by atoms with Crippen molar-refractivity contribution >= 4 is 5.95 Å². The summed E-state index contributed by atoms with van der Waals surface area (Å²) in [5, 5.41) is 15.7. The second-order valence-electron chi connectivity index (χ2n) is 9.72. The van der Waals surface area contributed by atoms with Gasteiger partial charge in [0.2, 0.25) is 0 Å². The molecule has 2 heterocycles. The van der Waals surface area contributed by atoms with E-state index in [-0.39, 0.29) is 17.6 Å². The molecule has 0 fully saturated rings. The maximum absolute atomic E-state index is 13.8. The Kier molecular flexibility index (Phi) is 7.86. The molecule has 16 heteroatoms. The molecular formula is C28H20F9N7. The Morgan fingerprint density at radius 3 is 1.98 bits per heavy atom.